The Morgan fingerprint density at radius 2 is 0.683 bits per heavy atom. The molecule has 2 fully saturated rings. The van der Waals surface area contributed by atoms with E-state index < -0.39 is 127 Å². The molecule has 0 N–H and O–H groups in total. The fraction of sp³-hybridized carbons (Fsp3) is 0.905. The van der Waals surface area contributed by atoms with Gasteiger partial charge in [-0.15, -0.1) is 0 Å². The van der Waals surface area contributed by atoms with E-state index >= 15 is 35.1 Å². The zero-order chi connectivity index (χ0) is 51.1. The summed E-state index contributed by atoms with van der Waals surface area (Å²) in [4.78, 5) is 22.9. The normalized spacial score (nSPS) is 29.4. The predicted molar refractivity (Wildman–Crippen MR) is 109 cm³/mol. The molecule has 0 bridgehead atoms. The number of halogens is 33. The van der Waals surface area contributed by atoms with Crippen molar-refractivity contribution in [3.8, 4) is 0 Å². The lowest BCUT2D eigenvalue weighted by Crippen LogP contribution is -2.88. The second-order valence-electron chi connectivity index (χ2n) is 11.6. The van der Waals surface area contributed by atoms with Gasteiger partial charge in [0.1, 0.15) is 0 Å². The van der Waals surface area contributed by atoms with Gasteiger partial charge in [-0.3, -0.25) is 23.7 Å². The third-order valence-electron chi connectivity index (χ3n) is 7.32. The van der Waals surface area contributed by atoms with E-state index in [2.05, 4.69) is 0 Å². The van der Waals surface area contributed by atoms with Crippen LogP contribution in [0.25, 0.3) is 0 Å². The number of ether oxygens (including phenoxy) is 7. The van der Waals surface area contributed by atoms with Crippen molar-refractivity contribution in [2.45, 2.75) is 110 Å². The van der Waals surface area contributed by atoms with Gasteiger partial charge in [-0.05, 0) is 6.92 Å². The van der Waals surface area contributed by atoms with E-state index in [4.69, 9.17) is 0 Å². The van der Waals surface area contributed by atoms with Gasteiger partial charge < -0.3 is 9.47 Å². The van der Waals surface area contributed by atoms with Crippen molar-refractivity contribution in [1.82, 2.24) is 0 Å². The van der Waals surface area contributed by atoms with Crippen molar-refractivity contribution in [1.29, 1.82) is 0 Å². The molecular weight excluding hydrogens is 1020 g/mol. The van der Waals surface area contributed by atoms with Crippen LogP contribution in [0.5, 0.6) is 0 Å². The Hall–Kier alpha value is -3.57. The summed E-state index contributed by atoms with van der Waals surface area (Å²) in [5.74, 6) is -43.9. The quantitative estimate of drug-likeness (QED) is 0.165. The topological polar surface area (TPSA) is 98.8 Å². The lowest BCUT2D eigenvalue weighted by Gasteiger charge is -2.60. The second-order valence-corrected chi connectivity index (χ2v) is 11.6. The molecule has 2 atom stereocenters. The van der Waals surface area contributed by atoms with Gasteiger partial charge in [-0.25, -0.2) is 14.0 Å². The van der Waals surface area contributed by atoms with Crippen LogP contribution in [0.2, 0.25) is 0 Å². The van der Waals surface area contributed by atoms with Crippen molar-refractivity contribution in [3.05, 3.63) is 0 Å². The molecule has 42 heteroatoms. The maximum atomic E-state index is 15.2. The number of hydrogen-bond acceptors (Lipinski definition) is 9. The standard InChI is InChI=1S/C21H3F33O9/c1-4(22,10(26,27)28)2(55)57-20(51,52)8(13(35,36)37)60-15(41,42)6(16(43,44)61-8)17(45,46)62-9(14(38,39)40,63-18(6,47)48)21(53,54)58-3(56)5(23,11(29,30)31)59-19(49,50)7(24,25)12(32,33)34/h1H3. The van der Waals surface area contributed by atoms with Crippen LogP contribution >= 0.6 is 0 Å². The summed E-state index contributed by atoms with van der Waals surface area (Å²) in [5.41, 5.74) is -15.0. The maximum Gasteiger partial charge on any atom is 0.466 e. The maximum absolute atomic E-state index is 15.2. The molecule has 0 aromatic carbocycles. The van der Waals surface area contributed by atoms with Gasteiger partial charge in [0.25, 0.3) is 5.67 Å². The van der Waals surface area contributed by atoms with Gasteiger partial charge in [0, 0.05) is 0 Å². The van der Waals surface area contributed by atoms with Gasteiger partial charge in [0.05, 0.1) is 0 Å². The molecular formula is C21H3F33O9. The third kappa shape index (κ3) is 7.60. The Morgan fingerprint density at radius 3 is 0.905 bits per heavy atom. The highest BCUT2D eigenvalue weighted by Gasteiger charge is 3.05. The number of carbonyl (C=O) groups is 2. The Bertz CT molecular complexity index is 1730. The van der Waals surface area contributed by atoms with Crippen LogP contribution in [-0.4, -0.2) is 115 Å². The van der Waals surface area contributed by atoms with E-state index in [0.717, 1.165) is 0 Å². The fourth-order valence-corrected chi connectivity index (χ4v) is 4.15. The molecule has 2 saturated heterocycles. The largest absolute Gasteiger partial charge is 0.466 e. The van der Waals surface area contributed by atoms with Crippen LogP contribution in [0.3, 0.4) is 0 Å². The van der Waals surface area contributed by atoms with Crippen molar-refractivity contribution in [2.75, 3.05) is 0 Å². The predicted octanol–water partition coefficient (Wildman–Crippen LogP) is 9.55. The molecule has 0 amide bonds. The summed E-state index contributed by atoms with van der Waals surface area (Å²) >= 11 is 0. The van der Waals surface area contributed by atoms with Gasteiger partial charge in [0.2, 0.25) is 0 Å². The molecule has 2 aliphatic heterocycles. The zero-order valence-corrected chi connectivity index (χ0v) is 27.1. The summed E-state index contributed by atoms with van der Waals surface area (Å²) in [7, 11) is 0. The summed E-state index contributed by atoms with van der Waals surface area (Å²) in [6, 6.07) is 0. The lowest BCUT2D eigenvalue weighted by atomic mass is 9.78. The van der Waals surface area contributed by atoms with Crippen LogP contribution < -0.4 is 0 Å². The van der Waals surface area contributed by atoms with E-state index in [1.54, 1.807) is 18.9 Å². The zero-order valence-electron chi connectivity index (χ0n) is 27.1. The number of hydrogen-bond donors (Lipinski definition) is 0. The molecule has 2 aliphatic rings. The summed E-state index contributed by atoms with van der Waals surface area (Å²) in [6.45, 7) is -1.31. The SMILES string of the molecule is CC(F)(C(=O)OC(F)(F)C1(C(F)(F)F)OC(F)(F)C2(C(F)(F)O1)C(F)(F)OC(C(F)(F)F)(C(F)(F)OC(=O)C(F)(OC(F)(F)C(F)(F)C(F)(F)F)C(F)(F)F)OC2(F)F)C(F)(F)F. The monoisotopic (exact) mass is 1030 g/mol. The van der Waals surface area contributed by atoms with Crippen LogP contribution in [0, 0.1) is 5.41 Å². The average molecular weight is 1030 g/mol. The molecule has 372 valence electrons. The molecule has 0 aliphatic carbocycles. The molecule has 2 heterocycles. The third-order valence-corrected chi connectivity index (χ3v) is 7.32. The number of alkyl halides is 33. The van der Waals surface area contributed by atoms with Gasteiger partial charge in [0.15, 0.2) is 0 Å². The Morgan fingerprint density at radius 1 is 0.413 bits per heavy atom. The first-order chi connectivity index (χ1) is 26.8. The number of carbonyl (C=O) groups excluding carboxylic acids is 2. The molecule has 0 radical (unpaired) electrons. The minimum atomic E-state index is -9.04. The highest BCUT2D eigenvalue weighted by Crippen LogP contribution is 2.76. The minimum Gasteiger partial charge on any atom is -0.394 e. The summed E-state index contributed by atoms with van der Waals surface area (Å²) in [6.07, 6.45) is -102. The van der Waals surface area contributed by atoms with Crippen LogP contribution in [-0.2, 0) is 42.7 Å². The van der Waals surface area contributed by atoms with E-state index in [9.17, 15) is 119 Å². The smallest absolute Gasteiger partial charge is 0.394 e. The van der Waals surface area contributed by atoms with E-state index in [-0.39, 0.29) is 0 Å². The second kappa shape index (κ2) is 14.0. The molecule has 0 aromatic heterocycles. The van der Waals surface area contributed by atoms with Crippen LogP contribution in [0.1, 0.15) is 6.92 Å². The van der Waals surface area contributed by atoms with Crippen molar-refractivity contribution in [2.24, 2.45) is 5.41 Å². The lowest BCUT2D eigenvalue weighted by molar-refractivity contribution is -0.711. The van der Waals surface area contributed by atoms with Crippen molar-refractivity contribution in [3.63, 3.8) is 0 Å². The fourth-order valence-electron chi connectivity index (χ4n) is 4.15. The van der Waals surface area contributed by atoms with Crippen molar-refractivity contribution >= 4 is 11.9 Å². The number of rotatable bonds is 9. The van der Waals surface area contributed by atoms with Gasteiger partial charge in [-0.1, -0.05) is 0 Å². The highest BCUT2D eigenvalue weighted by atomic mass is 19.4. The van der Waals surface area contributed by atoms with E-state index in [0.29, 0.717) is 0 Å². The Kier molecular flexibility index (Phi) is 12.3. The van der Waals surface area contributed by atoms with Crippen LogP contribution in [0.4, 0.5) is 145 Å². The molecule has 2 rings (SSSR count). The molecule has 63 heavy (non-hydrogen) atoms. The first kappa shape index (κ1) is 55.6. The van der Waals surface area contributed by atoms with Gasteiger partial charge in [-0.2, -0.15) is 140 Å². The van der Waals surface area contributed by atoms with Crippen molar-refractivity contribution < 1.29 is 188 Å². The van der Waals surface area contributed by atoms with E-state index in [1.165, 1.54) is 9.47 Å². The molecule has 0 saturated carbocycles. The molecule has 0 aromatic rings. The van der Waals surface area contributed by atoms with E-state index in [1.807, 2.05) is 4.74 Å². The molecule has 1 spiro atoms. The molecule has 2 unspecified atom stereocenters. The Balaban J connectivity index is 2.96. The summed E-state index contributed by atoms with van der Waals surface area (Å²) < 4.78 is 469. The summed E-state index contributed by atoms with van der Waals surface area (Å²) in [5, 5.41) is 0. The first-order valence-electron chi connectivity index (χ1n) is 13.5. The minimum absolute atomic E-state index is 1.20. The average Bonchev–Trinajstić information content (AvgIpc) is 2.94. The first-order valence-corrected chi connectivity index (χ1v) is 13.5. The Labute approximate surface area is 316 Å². The van der Waals surface area contributed by atoms with Gasteiger partial charge >= 0.3 is 114 Å². The highest BCUT2D eigenvalue weighted by molar-refractivity contribution is 5.80. The van der Waals surface area contributed by atoms with Crippen LogP contribution in [0.15, 0.2) is 0 Å². The molecule has 9 nitrogen and oxygen atoms in total. The number of esters is 2.